The number of halogens is 3. The van der Waals surface area contributed by atoms with Crippen molar-refractivity contribution in [1.29, 1.82) is 0 Å². The van der Waals surface area contributed by atoms with Crippen molar-refractivity contribution in [3.63, 3.8) is 0 Å². The molecule has 1 aliphatic rings. The van der Waals surface area contributed by atoms with Crippen molar-refractivity contribution >= 4 is 0 Å². The number of nitrogens with one attached hydrogen (secondary N) is 1. The maximum absolute atomic E-state index is 11.8. The molecule has 1 aliphatic carbocycles. The molecule has 1 nitrogen and oxygen atoms in total. The van der Waals surface area contributed by atoms with Gasteiger partial charge in [-0.1, -0.05) is 0 Å². The van der Waals surface area contributed by atoms with Crippen molar-refractivity contribution in [3.8, 4) is 0 Å². The summed E-state index contributed by atoms with van der Waals surface area (Å²) in [4.78, 5) is 0. The van der Waals surface area contributed by atoms with Gasteiger partial charge in [0.05, 0.1) is 0 Å². The quantitative estimate of drug-likeness (QED) is 0.686. The molecule has 0 bridgehead atoms. The summed E-state index contributed by atoms with van der Waals surface area (Å²) >= 11 is 0. The SMILES string of the molecule is CC(C)(NCCCC(F)(F)F)C1CC1. The van der Waals surface area contributed by atoms with Crippen molar-refractivity contribution in [1.82, 2.24) is 5.32 Å². The lowest BCUT2D eigenvalue weighted by atomic mass is 9.99. The van der Waals surface area contributed by atoms with Crippen LogP contribution in [0.1, 0.15) is 39.5 Å². The fourth-order valence-corrected chi connectivity index (χ4v) is 1.65. The highest BCUT2D eigenvalue weighted by Gasteiger charge is 2.37. The average Bonchev–Trinajstić information content (AvgIpc) is 2.78. The van der Waals surface area contributed by atoms with E-state index in [-0.39, 0.29) is 12.0 Å². The Bertz CT molecular complexity index is 182. The molecule has 0 amide bonds. The maximum atomic E-state index is 11.8. The van der Waals surface area contributed by atoms with E-state index in [1.165, 1.54) is 12.8 Å². The normalized spacial score (nSPS) is 18.6. The smallest absolute Gasteiger partial charge is 0.312 e. The van der Waals surface area contributed by atoms with E-state index < -0.39 is 12.6 Å². The third-order valence-electron chi connectivity index (χ3n) is 2.82. The van der Waals surface area contributed by atoms with Gasteiger partial charge in [-0.25, -0.2) is 0 Å². The molecule has 0 aromatic carbocycles. The van der Waals surface area contributed by atoms with Crippen LogP contribution in [0.3, 0.4) is 0 Å². The minimum atomic E-state index is -4.01. The molecule has 0 radical (unpaired) electrons. The third kappa shape index (κ3) is 4.31. The Labute approximate surface area is 83.1 Å². The first kappa shape index (κ1) is 11.8. The third-order valence-corrected chi connectivity index (χ3v) is 2.82. The van der Waals surface area contributed by atoms with Crippen LogP contribution in [0.5, 0.6) is 0 Å². The molecule has 0 aromatic heterocycles. The zero-order chi connectivity index (χ0) is 10.8. The van der Waals surface area contributed by atoms with E-state index in [2.05, 4.69) is 19.2 Å². The van der Waals surface area contributed by atoms with Gasteiger partial charge in [-0.2, -0.15) is 13.2 Å². The van der Waals surface area contributed by atoms with E-state index in [0.717, 1.165) is 0 Å². The highest BCUT2D eigenvalue weighted by Crippen LogP contribution is 2.39. The van der Waals surface area contributed by atoms with Crippen molar-refractivity contribution in [2.45, 2.75) is 51.2 Å². The highest BCUT2D eigenvalue weighted by molar-refractivity contribution is 4.94. The van der Waals surface area contributed by atoms with Crippen LogP contribution in [0, 0.1) is 5.92 Å². The zero-order valence-electron chi connectivity index (χ0n) is 8.75. The van der Waals surface area contributed by atoms with Crippen LogP contribution in [0.2, 0.25) is 0 Å². The molecular formula is C10H18F3N. The molecular weight excluding hydrogens is 191 g/mol. The molecule has 0 saturated heterocycles. The summed E-state index contributed by atoms with van der Waals surface area (Å²) < 4.78 is 35.5. The van der Waals surface area contributed by atoms with Gasteiger partial charge < -0.3 is 5.32 Å². The molecule has 0 atom stereocenters. The van der Waals surface area contributed by atoms with Crippen LogP contribution in [0.4, 0.5) is 13.2 Å². The standard InChI is InChI=1S/C10H18F3N/c1-9(2,8-4-5-8)14-7-3-6-10(11,12)13/h8,14H,3-7H2,1-2H3. The minimum absolute atomic E-state index is 0.0194. The summed E-state index contributed by atoms with van der Waals surface area (Å²) in [6.45, 7) is 4.60. The molecule has 0 spiro atoms. The van der Waals surface area contributed by atoms with Gasteiger partial charge in [-0.3, -0.25) is 0 Å². The van der Waals surface area contributed by atoms with Crippen LogP contribution in [-0.2, 0) is 0 Å². The lowest BCUT2D eigenvalue weighted by molar-refractivity contribution is -0.135. The van der Waals surface area contributed by atoms with E-state index >= 15 is 0 Å². The molecule has 0 aromatic rings. The van der Waals surface area contributed by atoms with E-state index in [9.17, 15) is 13.2 Å². The molecule has 84 valence electrons. The molecule has 4 heteroatoms. The van der Waals surface area contributed by atoms with E-state index in [4.69, 9.17) is 0 Å². The molecule has 0 aliphatic heterocycles. The van der Waals surface area contributed by atoms with Gasteiger partial charge in [-0.15, -0.1) is 0 Å². The topological polar surface area (TPSA) is 12.0 Å². The molecule has 1 N–H and O–H groups in total. The van der Waals surface area contributed by atoms with E-state index in [1.54, 1.807) is 0 Å². The van der Waals surface area contributed by atoms with Gasteiger partial charge in [0.25, 0.3) is 0 Å². The van der Waals surface area contributed by atoms with Gasteiger partial charge in [0, 0.05) is 12.0 Å². The monoisotopic (exact) mass is 209 g/mol. The average molecular weight is 209 g/mol. The van der Waals surface area contributed by atoms with Crippen LogP contribution < -0.4 is 5.32 Å². The summed E-state index contributed by atoms with van der Waals surface area (Å²) in [5.41, 5.74) is 0.0194. The number of rotatable bonds is 5. The van der Waals surface area contributed by atoms with E-state index in [1.807, 2.05) is 0 Å². The van der Waals surface area contributed by atoms with Gasteiger partial charge >= 0.3 is 6.18 Å². The van der Waals surface area contributed by atoms with Crippen molar-refractivity contribution in [2.75, 3.05) is 6.54 Å². The Kier molecular flexibility index (Phi) is 3.45. The zero-order valence-corrected chi connectivity index (χ0v) is 8.75. The summed E-state index contributed by atoms with van der Waals surface area (Å²) in [5, 5.41) is 3.19. The number of alkyl halides is 3. The van der Waals surface area contributed by atoms with Crippen LogP contribution >= 0.6 is 0 Å². The minimum Gasteiger partial charge on any atom is -0.312 e. The Hall–Kier alpha value is -0.250. The Morgan fingerprint density at radius 2 is 1.79 bits per heavy atom. The van der Waals surface area contributed by atoms with Crippen molar-refractivity contribution in [3.05, 3.63) is 0 Å². The molecule has 14 heavy (non-hydrogen) atoms. The van der Waals surface area contributed by atoms with Gasteiger partial charge in [-0.05, 0) is 45.6 Å². The fourth-order valence-electron chi connectivity index (χ4n) is 1.65. The fraction of sp³-hybridized carbons (Fsp3) is 1.00. The number of hydrogen-bond acceptors (Lipinski definition) is 1. The van der Waals surface area contributed by atoms with Crippen LogP contribution in [0.15, 0.2) is 0 Å². The van der Waals surface area contributed by atoms with E-state index in [0.29, 0.717) is 12.5 Å². The first-order valence-electron chi connectivity index (χ1n) is 5.13. The van der Waals surface area contributed by atoms with Gasteiger partial charge in [0.2, 0.25) is 0 Å². The Balaban J connectivity index is 2.09. The lowest BCUT2D eigenvalue weighted by Crippen LogP contribution is -2.42. The predicted octanol–water partition coefficient (Wildman–Crippen LogP) is 3.11. The Morgan fingerprint density at radius 3 is 2.21 bits per heavy atom. The lowest BCUT2D eigenvalue weighted by Gasteiger charge is -2.26. The van der Waals surface area contributed by atoms with Crippen LogP contribution in [0.25, 0.3) is 0 Å². The second-order valence-corrected chi connectivity index (χ2v) is 4.64. The number of hydrogen-bond donors (Lipinski definition) is 1. The molecule has 0 heterocycles. The van der Waals surface area contributed by atoms with Crippen LogP contribution in [-0.4, -0.2) is 18.3 Å². The summed E-state index contributed by atoms with van der Waals surface area (Å²) in [5.74, 6) is 0.661. The first-order valence-corrected chi connectivity index (χ1v) is 5.13. The molecule has 1 saturated carbocycles. The second-order valence-electron chi connectivity index (χ2n) is 4.64. The largest absolute Gasteiger partial charge is 0.389 e. The molecule has 0 unspecified atom stereocenters. The highest BCUT2D eigenvalue weighted by atomic mass is 19.4. The van der Waals surface area contributed by atoms with Crippen molar-refractivity contribution < 1.29 is 13.2 Å². The van der Waals surface area contributed by atoms with Crippen molar-refractivity contribution in [2.24, 2.45) is 5.92 Å². The molecule has 1 rings (SSSR count). The Morgan fingerprint density at radius 1 is 1.21 bits per heavy atom. The predicted molar refractivity (Wildman–Crippen MR) is 50.1 cm³/mol. The molecule has 1 fully saturated rings. The summed E-state index contributed by atoms with van der Waals surface area (Å²) in [7, 11) is 0. The first-order chi connectivity index (χ1) is 6.31. The summed E-state index contributed by atoms with van der Waals surface area (Å²) in [6.07, 6.45) is -2.09. The van der Waals surface area contributed by atoms with Gasteiger partial charge in [0.1, 0.15) is 0 Å². The summed E-state index contributed by atoms with van der Waals surface area (Å²) in [6, 6.07) is 0. The van der Waals surface area contributed by atoms with Gasteiger partial charge in [0.15, 0.2) is 0 Å². The second kappa shape index (κ2) is 4.09. The maximum Gasteiger partial charge on any atom is 0.389 e.